The molecule has 0 spiro atoms. The van der Waals surface area contributed by atoms with Gasteiger partial charge >= 0.3 is 33.9 Å². The van der Waals surface area contributed by atoms with Crippen LogP contribution in [0.5, 0.6) is 0 Å². The summed E-state index contributed by atoms with van der Waals surface area (Å²) in [7, 11) is 0. The minimum atomic E-state index is -0.429. The Morgan fingerprint density at radius 2 is 1.29 bits per heavy atom. The largest absolute Gasteiger partial charge is 0 e. The van der Waals surface area contributed by atoms with Crippen LogP contribution in [0.15, 0.2) is 30.3 Å². The molecule has 0 aromatic heterocycles. The van der Waals surface area contributed by atoms with Crippen molar-refractivity contribution in [2.24, 2.45) is 0 Å². The summed E-state index contributed by atoms with van der Waals surface area (Å²) < 4.78 is 28.1. The molecule has 21 heavy (non-hydrogen) atoms. The van der Waals surface area contributed by atoms with E-state index in [-0.39, 0.29) is 29.6 Å². The van der Waals surface area contributed by atoms with Gasteiger partial charge in [0.05, 0.1) is 18.3 Å². The van der Waals surface area contributed by atoms with Crippen LogP contribution in [-0.2, 0) is 36.1 Å². The zero-order chi connectivity index (χ0) is 16.6. The third-order valence-corrected chi connectivity index (χ3v) is 2.37. The molecule has 0 unspecified atom stereocenters. The molecule has 0 bridgehead atoms. The minimum Gasteiger partial charge on any atom is 0 e. The SMILES string of the molecule is C[C@@H](O[C@H](C)[C@@H](C)O)c1ccccc1.[C-]#[O+].[C-]#[O+].[C-]#[O+].[Cr]. The van der Waals surface area contributed by atoms with Crippen LogP contribution in [0.3, 0.4) is 0 Å². The van der Waals surface area contributed by atoms with Gasteiger partial charge in [-0.25, -0.2) is 0 Å². The maximum absolute atomic E-state index is 9.29. The van der Waals surface area contributed by atoms with Crippen molar-refractivity contribution in [2.45, 2.75) is 39.1 Å². The molecule has 1 aromatic rings. The molecule has 0 radical (unpaired) electrons. The molecule has 3 atom stereocenters. The van der Waals surface area contributed by atoms with Gasteiger partial charge in [0.2, 0.25) is 0 Å². The molecule has 0 aliphatic carbocycles. The standard InChI is InChI=1S/C12H18O2.3CO.Cr/c1-9(13)10(2)14-11(3)12-7-5-4-6-8-12;3*1-2;/h4-11,13H,1-3H3;;;;/t9-,10-,11-;;;;/m1..../s1. The van der Waals surface area contributed by atoms with E-state index < -0.39 is 6.10 Å². The second-order valence-corrected chi connectivity index (χ2v) is 3.63. The van der Waals surface area contributed by atoms with Gasteiger partial charge in [0.1, 0.15) is 0 Å². The number of benzene rings is 1. The second kappa shape index (κ2) is 21.2. The van der Waals surface area contributed by atoms with E-state index in [0.29, 0.717) is 0 Å². The summed E-state index contributed by atoms with van der Waals surface area (Å²) >= 11 is 0. The summed E-state index contributed by atoms with van der Waals surface area (Å²) in [6, 6.07) is 10.0. The summed E-state index contributed by atoms with van der Waals surface area (Å²) in [6.45, 7) is 19.1. The van der Waals surface area contributed by atoms with Crippen LogP contribution < -0.4 is 0 Å². The van der Waals surface area contributed by atoms with E-state index in [1.54, 1.807) is 6.92 Å². The number of rotatable bonds is 4. The predicted octanol–water partition coefficient (Wildman–Crippen LogP) is 2.42. The fraction of sp³-hybridized carbons (Fsp3) is 0.400. The molecule has 0 saturated carbocycles. The van der Waals surface area contributed by atoms with Gasteiger partial charge in [-0.1, -0.05) is 30.3 Å². The smallest absolute Gasteiger partial charge is 0 e. The number of ether oxygens (including phenoxy) is 1. The molecule has 6 heteroatoms. The average Bonchev–Trinajstić information content (AvgIpc) is 2.54. The van der Waals surface area contributed by atoms with Crippen LogP contribution in [0.1, 0.15) is 32.4 Å². The van der Waals surface area contributed by atoms with E-state index in [1.807, 2.05) is 44.2 Å². The Kier molecular flexibility index (Phi) is 28.4. The molecule has 1 N–H and O–H groups in total. The molecular weight excluding hydrogens is 312 g/mol. The van der Waals surface area contributed by atoms with Crippen LogP contribution in [0.4, 0.5) is 0 Å². The second-order valence-electron chi connectivity index (χ2n) is 3.63. The van der Waals surface area contributed by atoms with Gasteiger partial charge in [0.15, 0.2) is 0 Å². The van der Waals surface area contributed by atoms with E-state index in [1.165, 1.54) is 0 Å². The summed E-state index contributed by atoms with van der Waals surface area (Å²) in [4.78, 5) is 0. The number of hydrogen-bond donors (Lipinski definition) is 1. The zero-order valence-corrected chi connectivity index (χ0v) is 13.4. The van der Waals surface area contributed by atoms with Crippen molar-refractivity contribution in [1.29, 1.82) is 0 Å². The fourth-order valence-corrected chi connectivity index (χ4v) is 1.24. The third-order valence-electron chi connectivity index (χ3n) is 2.37. The molecule has 114 valence electrons. The van der Waals surface area contributed by atoms with Crippen molar-refractivity contribution in [3.63, 3.8) is 0 Å². The Morgan fingerprint density at radius 1 is 0.905 bits per heavy atom. The average molecular weight is 330 g/mol. The van der Waals surface area contributed by atoms with E-state index >= 15 is 0 Å². The van der Waals surface area contributed by atoms with Gasteiger partial charge in [-0.3, -0.25) is 0 Å². The van der Waals surface area contributed by atoms with Gasteiger partial charge in [-0.05, 0) is 26.3 Å². The molecule has 0 saturated heterocycles. The Bertz CT molecular complexity index is 358. The first-order chi connectivity index (χ1) is 9.61. The van der Waals surface area contributed by atoms with Crippen molar-refractivity contribution in [3.05, 3.63) is 55.8 Å². The monoisotopic (exact) mass is 330 g/mol. The minimum absolute atomic E-state index is 0. The predicted molar refractivity (Wildman–Crippen MR) is 68.9 cm³/mol. The van der Waals surface area contributed by atoms with Gasteiger partial charge in [0, 0.05) is 17.4 Å². The number of aliphatic hydroxyl groups is 1. The van der Waals surface area contributed by atoms with Crippen LogP contribution in [0, 0.1) is 20.0 Å². The Labute approximate surface area is 136 Å². The van der Waals surface area contributed by atoms with E-state index in [9.17, 15) is 5.11 Å². The Hall–Kier alpha value is -1.11. The molecule has 0 aliphatic rings. The molecule has 0 amide bonds. The summed E-state index contributed by atoms with van der Waals surface area (Å²) in [6.07, 6.45) is -0.535. The van der Waals surface area contributed by atoms with E-state index in [2.05, 4.69) is 20.0 Å². The number of hydrogen-bond acceptors (Lipinski definition) is 2. The van der Waals surface area contributed by atoms with Gasteiger partial charge in [0.25, 0.3) is 0 Å². The first kappa shape index (κ1) is 28.1. The number of aliphatic hydroxyl groups excluding tert-OH is 1. The normalized spacial score (nSPS) is 11.9. The van der Waals surface area contributed by atoms with Crippen LogP contribution in [-0.4, -0.2) is 17.3 Å². The van der Waals surface area contributed by atoms with Crippen molar-refractivity contribution >= 4 is 0 Å². The Balaban J connectivity index is -0.000000183. The first-order valence-electron chi connectivity index (χ1n) is 5.61. The van der Waals surface area contributed by atoms with Gasteiger partial charge < -0.3 is 9.84 Å². The third kappa shape index (κ3) is 15.1. The Morgan fingerprint density at radius 3 is 1.62 bits per heavy atom. The molecule has 0 heterocycles. The molecule has 5 nitrogen and oxygen atoms in total. The summed E-state index contributed by atoms with van der Waals surface area (Å²) in [5.74, 6) is 0. The van der Waals surface area contributed by atoms with Crippen LogP contribution in [0.2, 0.25) is 0 Å². The summed E-state index contributed by atoms with van der Waals surface area (Å²) in [5, 5.41) is 9.29. The van der Waals surface area contributed by atoms with Gasteiger partial charge in [-0.15, -0.1) is 0 Å². The molecule has 1 rings (SSSR count). The summed E-state index contributed by atoms with van der Waals surface area (Å²) in [5.41, 5.74) is 1.14. The first-order valence-corrected chi connectivity index (χ1v) is 5.61. The van der Waals surface area contributed by atoms with Crippen molar-refractivity contribution in [1.82, 2.24) is 0 Å². The fourth-order valence-electron chi connectivity index (χ4n) is 1.24. The van der Waals surface area contributed by atoms with Gasteiger partial charge in [-0.2, -0.15) is 0 Å². The van der Waals surface area contributed by atoms with Crippen molar-refractivity contribution < 1.29 is 41.2 Å². The van der Waals surface area contributed by atoms with Crippen LogP contribution in [0.25, 0.3) is 0 Å². The maximum Gasteiger partial charge on any atom is 0 e. The van der Waals surface area contributed by atoms with Crippen molar-refractivity contribution in [3.8, 4) is 0 Å². The molecule has 1 aromatic carbocycles. The molecule has 0 aliphatic heterocycles. The van der Waals surface area contributed by atoms with Crippen molar-refractivity contribution in [2.75, 3.05) is 0 Å². The quantitative estimate of drug-likeness (QED) is 0.678. The molecule has 0 fully saturated rings. The topological polar surface area (TPSA) is 89.2 Å². The van der Waals surface area contributed by atoms with Crippen LogP contribution >= 0.6 is 0 Å². The van der Waals surface area contributed by atoms with E-state index in [4.69, 9.17) is 18.7 Å². The zero-order valence-electron chi connectivity index (χ0n) is 12.1. The maximum atomic E-state index is 9.29. The molecular formula is C15H18CrO5. The van der Waals surface area contributed by atoms with E-state index in [0.717, 1.165) is 5.56 Å².